The fraction of sp³-hybridized carbons (Fsp3) is 0.364. The summed E-state index contributed by atoms with van der Waals surface area (Å²) in [5, 5.41) is 9.20. The third kappa shape index (κ3) is 3.72. The van der Waals surface area contributed by atoms with Crippen LogP contribution >= 0.6 is 11.6 Å². The van der Waals surface area contributed by atoms with Crippen LogP contribution in [0.5, 0.6) is 5.75 Å². The Labute approximate surface area is 98.7 Å². The van der Waals surface area contributed by atoms with Crippen LogP contribution in [0.4, 0.5) is 0 Å². The molecule has 0 aliphatic carbocycles. The molecule has 0 atom stereocenters. The Bertz CT molecular complexity index is 365. The van der Waals surface area contributed by atoms with Crippen molar-refractivity contribution in [1.82, 2.24) is 0 Å². The normalized spacial score (nSPS) is 10.1. The van der Waals surface area contributed by atoms with Gasteiger partial charge in [-0.2, -0.15) is 0 Å². The van der Waals surface area contributed by atoms with Crippen LogP contribution in [-0.4, -0.2) is 31.4 Å². The average molecular weight is 245 g/mol. The maximum Gasteiger partial charge on any atom is 0.335 e. The van der Waals surface area contributed by atoms with Crippen molar-refractivity contribution in [3.05, 3.63) is 28.8 Å². The molecule has 0 saturated heterocycles. The van der Waals surface area contributed by atoms with E-state index in [1.165, 1.54) is 18.2 Å². The summed E-state index contributed by atoms with van der Waals surface area (Å²) in [5.74, 6) is -0.615. The molecule has 0 aliphatic rings. The van der Waals surface area contributed by atoms with E-state index in [9.17, 15) is 4.79 Å². The first-order chi connectivity index (χ1) is 7.65. The maximum atomic E-state index is 10.7. The summed E-state index contributed by atoms with van der Waals surface area (Å²) in [6.45, 7) is 1.03. The molecule has 1 aromatic carbocycles. The molecule has 4 nitrogen and oxygen atoms in total. The van der Waals surface area contributed by atoms with Crippen molar-refractivity contribution in [3.63, 3.8) is 0 Å². The lowest BCUT2D eigenvalue weighted by molar-refractivity contribution is 0.0696. The quantitative estimate of drug-likeness (QED) is 0.781. The van der Waals surface area contributed by atoms with E-state index >= 15 is 0 Å². The van der Waals surface area contributed by atoms with Crippen LogP contribution in [0, 0.1) is 0 Å². The molecule has 16 heavy (non-hydrogen) atoms. The van der Waals surface area contributed by atoms with Crippen LogP contribution in [0.1, 0.15) is 16.8 Å². The Morgan fingerprint density at radius 3 is 2.81 bits per heavy atom. The van der Waals surface area contributed by atoms with Gasteiger partial charge in [-0.15, -0.1) is 0 Å². The van der Waals surface area contributed by atoms with Gasteiger partial charge in [-0.05, 0) is 18.2 Å². The summed E-state index contributed by atoms with van der Waals surface area (Å²) in [6, 6.07) is 4.36. The molecule has 5 heteroatoms. The number of aromatic carboxylic acids is 1. The summed E-state index contributed by atoms with van der Waals surface area (Å²) in [4.78, 5) is 10.7. The highest BCUT2D eigenvalue weighted by Crippen LogP contribution is 2.25. The van der Waals surface area contributed by atoms with Crippen LogP contribution in [-0.2, 0) is 4.74 Å². The van der Waals surface area contributed by atoms with Gasteiger partial charge in [0.1, 0.15) is 5.75 Å². The van der Waals surface area contributed by atoms with E-state index < -0.39 is 5.97 Å². The molecule has 0 aromatic heterocycles. The van der Waals surface area contributed by atoms with Gasteiger partial charge in [0.05, 0.1) is 17.2 Å². The minimum atomic E-state index is -1.00. The summed E-state index contributed by atoms with van der Waals surface area (Å²) in [7, 11) is 1.61. The molecule has 0 spiro atoms. The number of benzene rings is 1. The van der Waals surface area contributed by atoms with E-state index in [-0.39, 0.29) is 5.56 Å². The minimum Gasteiger partial charge on any atom is -0.492 e. The number of hydrogen-bond acceptors (Lipinski definition) is 3. The first kappa shape index (κ1) is 12.8. The molecule has 0 aliphatic heterocycles. The number of ether oxygens (including phenoxy) is 2. The molecule has 1 aromatic rings. The van der Waals surface area contributed by atoms with Gasteiger partial charge in [0, 0.05) is 20.1 Å². The Hall–Kier alpha value is -1.26. The second-order valence-corrected chi connectivity index (χ2v) is 3.55. The Morgan fingerprint density at radius 2 is 2.19 bits per heavy atom. The largest absolute Gasteiger partial charge is 0.492 e. The van der Waals surface area contributed by atoms with Gasteiger partial charge in [0.15, 0.2) is 0 Å². The minimum absolute atomic E-state index is 0.158. The molecule has 0 radical (unpaired) electrons. The lowest BCUT2D eigenvalue weighted by Gasteiger charge is -2.08. The predicted molar refractivity (Wildman–Crippen MR) is 60.4 cm³/mol. The Morgan fingerprint density at radius 1 is 1.44 bits per heavy atom. The number of carbonyl (C=O) groups is 1. The first-order valence-electron chi connectivity index (χ1n) is 4.79. The summed E-state index contributed by atoms with van der Waals surface area (Å²) in [6.07, 6.45) is 0.726. The fourth-order valence-corrected chi connectivity index (χ4v) is 1.30. The van der Waals surface area contributed by atoms with Gasteiger partial charge in [-0.3, -0.25) is 0 Å². The summed E-state index contributed by atoms with van der Waals surface area (Å²) in [5.41, 5.74) is 0.158. The third-order valence-electron chi connectivity index (χ3n) is 1.93. The molecule has 0 bridgehead atoms. The highest BCUT2D eigenvalue weighted by atomic mass is 35.5. The number of methoxy groups -OCH3 is 1. The number of hydrogen-bond donors (Lipinski definition) is 1. The lowest BCUT2D eigenvalue weighted by Crippen LogP contribution is -2.03. The zero-order valence-corrected chi connectivity index (χ0v) is 9.66. The molecule has 0 unspecified atom stereocenters. The fourth-order valence-electron chi connectivity index (χ4n) is 1.13. The van der Waals surface area contributed by atoms with Gasteiger partial charge in [0.2, 0.25) is 0 Å². The second-order valence-electron chi connectivity index (χ2n) is 3.15. The van der Waals surface area contributed by atoms with E-state index in [4.69, 9.17) is 26.2 Å². The molecule has 88 valence electrons. The average Bonchev–Trinajstić information content (AvgIpc) is 2.26. The van der Waals surface area contributed by atoms with E-state index in [1.807, 2.05) is 0 Å². The monoisotopic (exact) mass is 244 g/mol. The van der Waals surface area contributed by atoms with E-state index in [0.717, 1.165) is 6.42 Å². The summed E-state index contributed by atoms with van der Waals surface area (Å²) < 4.78 is 10.2. The molecule has 0 heterocycles. The number of halogens is 1. The van der Waals surface area contributed by atoms with Crippen LogP contribution < -0.4 is 4.74 Å². The number of carboxylic acids is 1. The van der Waals surface area contributed by atoms with Gasteiger partial charge in [-0.1, -0.05) is 11.6 Å². The zero-order chi connectivity index (χ0) is 12.0. The lowest BCUT2D eigenvalue weighted by atomic mass is 10.2. The van der Waals surface area contributed by atoms with Crippen molar-refractivity contribution in [1.29, 1.82) is 0 Å². The van der Waals surface area contributed by atoms with Crippen molar-refractivity contribution in [2.45, 2.75) is 6.42 Å². The van der Waals surface area contributed by atoms with Crippen molar-refractivity contribution in [2.75, 3.05) is 20.3 Å². The topological polar surface area (TPSA) is 55.8 Å². The molecule has 1 N–H and O–H groups in total. The zero-order valence-electron chi connectivity index (χ0n) is 8.90. The SMILES string of the molecule is COCCCOc1cc(C(=O)O)ccc1Cl. The Balaban J connectivity index is 2.63. The van der Waals surface area contributed by atoms with Crippen LogP contribution in [0.25, 0.3) is 0 Å². The second kappa shape index (κ2) is 6.35. The van der Waals surface area contributed by atoms with Crippen molar-refractivity contribution >= 4 is 17.6 Å². The summed E-state index contributed by atoms with van der Waals surface area (Å²) >= 11 is 5.86. The van der Waals surface area contributed by atoms with Crippen LogP contribution in [0.2, 0.25) is 5.02 Å². The van der Waals surface area contributed by atoms with Crippen molar-refractivity contribution in [3.8, 4) is 5.75 Å². The van der Waals surface area contributed by atoms with Gasteiger partial charge in [0.25, 0.3) is 0 Å². The third-order valence-corrected chi connectivity index (χ3v) is 2.24. The number of carboxylic acid groups (broad SMARTS) is 1. The molecule has 0 fully saturated rings. The van der Waals surface area contributed by atoms with E-state index in [0.29, 0.717) is 24.0 Å². The maximum absolute atomic E-state index is 10.7. The molecular formula is C11H13ClO4. The van der Waals surface area contributed by atoms with Crippen molar-refractivity contribution < 1.29 is 19.4 Å². The molecule has 0 amide bonds. The molecular weight excluding hydrogens is 232 g/mol. The van der Waals surface area contributed by atoms with Gasteiger partial charge < -0.3 is 14.6 Å². The molecule has 0 saturated carbocycles. The van der Waals surface area contributed by atoms with Crippen LogP contribution in [0.15, 0.2) is 18.2 Å². The van der Waals surface area contributed by atoms with E-state index in [2.05, 4.69) is 0 Å². The number of rotatable bonds is 6. The Kier molecular flexibility index (Phi) is 5.08. The smallest absolute Gasteiger partial charge is 0.335 e. The van der Waals surface area contributed by atoms with Crippen molar-refractivity contribution in [2.24, 2.45) is 0 Å². The van der Waals surface area contributed by atoms with E-state index in [1.54, 1.807) is 7.11 Å². The van der Waals surface area contributed by atoms with Gasteiger partial charge in [-0.25, -0.2) is 4.79 Å². The highest BCUT2D eigenvalue weighted by molar-refractivity contribution is 6.32. The standard InChI is InChI=1S/C11H13ClO4/c1-15-5-2-6-16-10-7-8(11(13)14)3-4-9(10)12/h3-4,7H,2,5-6H2,1H3,(H,13,14). The molecule has 1 rings (SSSR count). The van der Waals surface area contributed by atoms with Gasteiger partial charge >= 0.3 is 5.97 Å². The van der Waals surface area contributed by atoms with Crippen LogP contribution in [0.3, 0.4) is 0 Å². The highest BCUT2D eigenvalue weighted by Gasteiger charge is 2.07. The predicted octanol–water partition coefficient (Wildman–Crippen LogP) is 2.45. The first-order valence-corrected chi connectivity index (χ1v) is 5.17.